The van der Waals surface area contributed by atoms with Gasteiger partial charge in [0.1, 0.15) is 0 Å². The first-order valence-electron chi connectivity index (χ1n) is 41.7. The van der Waals surface area contributed by atoms with Crippen LogP contribution in [-0.4, -0.2) is 18.3 Å². The minimum atomic E-state index is -0.0503. The van der Waals surface area contributed by atoms with Crippen molar-refractivity contribution in [2.75, 3.05) is 9.80 Å². The van der Waals surface area contributed by atoms with E-state index in [1.807, 2.05) is 0 Å². The predicted molar refractivity (Wildman–Crippen MR) is 506 cm³/mol. The van der Waals surface area contributed by atoms with Crippen LogP contribution in [0.25, 0.3) is 154 Å². The Kier molecular flexibility index (Phi) is 16.2. The van der Waals surface area contributed by atoms with Gasteiger partial charge >= 0.3 is 0 Å². The number of aromatic nitrogens is 4. The molecule has 6 heteroatoms. The molecule has 0 bridgehead atoms. The molecule has 22 aromatic rings. The van der Waals surface area contributed by atoms with Crippen molar-refractivity contribution in [2.45, 2.75) is 38.5 Å². The first kappa shape index (κ1) is 70.2. The molecule has 0 radical (unpaired) electrons. The number of nitrogens with zero attached hydrogens (tertiary/aromatic N) is 6. The molecule has 2 aliphatic rings. The summed E-state index contributed by atoms with van der Waals surface area (Å²) in [5.74, 6) is 0. The maximum Gasteiger partial charge on any atom is 0.0547 e. The molecule has 2 aliphatic carbocycles. The number of anilines is 6. The van der Waals surface area contributed by atoms with Crippen LogP contribution in [0.2, 0.25) is 0 Å². The molecule has 4 heterocycles. The van der Waals surface area contributed by atoms with E-state index in [1.165, 1.54) is 154 Å². The van der Waals surface area contributed by atoms with Gasteiger partial charge in [0, 0.05) is 111 Å². The molecule has 568 valence electrons. The third-order valence-corrected chi connectivity index (χ3v) is 25.8. The molecule has 0 N–H and O–H groups in total. The third-order valence-electron chi connectivity index (χ3n) is 25.8. The first-order chi connectivity index (χ1) is 59.1. The quantitative estimate of drug-likeness (QED) is 0.122. The van der Waals surface area contributed by atoms with Crippen molar-refractivity contribution in [3.8, 4) is 67.3 Å². The second-order valence-electron chi connectivity index (χ2n) is 33.2. The monoisotopic (exact) mass is 1530 g/mol. The molecule has 0 atom stereocenters. The molecule has 0 unspecified atom stereocenters. The summed E-state index contributed by atoms with van der Waals surface area (Å²) >= 11 is 0. The maximum atomic E-state index is 2.46. The van der Waals surface area contributed by atoms with E-state index in [0.717, 1.165) is 56.9 Å². The van der Waals surface area contributed by atoms with Gasteiger partial charge in [-0.05, 0) is 255 Å². The minimum absolute atomic E-state index is 0.0456. The Morgan fingerprint density at radius 1 is 0.167 bits per heavy atom. The smallest absolute Gasteiger partial charge is 0.0547 e. The Labute approximate surface area is 697 Å². The first-order valence-corrected chi connectivity index (χ1v) is 41.7. The van der Waals surface area contributed by atoms with Gasteiger partial charge in [0.05, 0.1) is 44.1 Å². The molecule has 120 heavy (non-hydrogen) atoms. The number of rotatable bonds is 12. The average molecular weight is 1540 g/mol. The highest BCUT2D eigenvalue weighted by Crippen LogP contribution is 2.54. The lowest BCUT2D eigenvalue weighted by Gasteiger charge is -2.25. The van der Waals surface area contributed by atoms with Crippen LogP contribution in [0, 0.1) is 0 Å². The molecule has 0 aliphatic heterocycles. The van der Waals surface area contributed by atoms with E-state index >= 15 is 0 Å². The molecule has 0 saturated carbocycles. The van der Waals surface area contributed by atoms with Gasteiger partial charge in [-0.15, -0.1) is 0 Å². The van der Waals surface area contributed by atoms with Crippen molar-refractivity contribution >= 4 is 121 Å². The largest absolute Gasteiger partial charge is 0.311 e. The number of fused-ring (bicyclic) bond motifs is 18. The van der Waals surface area contributed by atoms with E-state index in [-0.39, 0.29) is 10.8 Å². The van der Waals surface area contributed by atoms with E-state index < -0.39 is 0 Å². The second kappa shape index (κ2) is 27.7. The minimum Gasteiger partial charge on any atom is -0.311 e. The summed E-state index contributed by atoms with van der Waals surface area (Å²) in [5, 5.41) is 10.1. The Morgan fingerprint density at radius 3 is 0.900 bits per heavy atom. The van der Waals surface area contributed by atoms with Crippen LogP contribution in [0.4, 0.5) is 34.1 Å². The summed E-state index contributed by atoms with van der Waals surface area (Å²) < 4.78 is 9.71. The molecule has 24 rings (SSSR count). The molecule has 0 saturated heterocycles. The Hall–Kier alpha value is -15.2. The van der Waals surface area contributed by atoms with Crippen molar-refractivity contribution in [1.82, 2.24) is 18.3 Å². The lowest BCUT2D eigenvalue weighted by Crippen LogP contribution is -2.14. The molecular weight excluding hydrogens is 1450 g/mol. The number of hydrogen-bond acceptors (Lipinski definition) is 2. The lowest BCUT2D eigenvalue weighted by atomic mass is 9.82. The zero-order valence-electron chi connectivity index (χ0n) is 67.1. The van der Waals surface area contributed by atoms with Crippen molar-refractivity contribution in [3.63, 3.8) is 0 Å². The van der Waals surface area contributed by atoms with Crippen LogP contribution >= 0.6 is 0 Å². The lowest BCUT2D eigenvalue weighted by molar-refractivity contribution is 0.661. The highest BCUT2D eigenvalue weighted by molar-refractivity contribution is 6.15. The number of para-hydroxylation sites is 8. The van der Waals surface area contributed by atoms with Crippen LogP contribution < -0.4 is 9.80 Å². The molecule has 18 aromatic carbocycles. The Bertz CT molecular complexity index is 7700. The van der Waals surface area contributed by atoms with Gasteiger partial charge in [-0.1, -0.05) is 264 Å². The van der Waals surface area contributed by atoms with Crippen LogP contribution in [0.5, 0.6) is 0 Å². The average Bonchev–Trinajstić information content (AvgIpc) is 1.50. The summed E-state index contributed by atoms with van der Waals surface area (Å²) in [6, 6.07) is 155. The maximum absolute atomic E-state index is 2.46. The van der Waals surface area contributed by atoms with Crippen LogP contribution in [0.15, 0.2) is 425 Å². The van der Waals surface area contributed by atoms with Crippen LogP contribution in [0.3, 0.4) is 0 Å². The normalized spacial score (nSPS) is 13.0. The molecule has 0 fully saturated rings. The molecule has 4 aromatic heterocycles. The molecule has 0 amide bonds. The fraction of sp³-hybridized carbons (Fsp3) is 0.0526. The van der Waals surface area contributed by atoms with Crippen molar-refractivity contribution in [2.24, 2.45) is 0 Å². The van der Waals surface area contributed by atoms with E-state index in [1.54, 1.807) is 0 Å². The summed E-state index contributed by atoms with van der Waals surface area (Å²) in [7, 11) is 0. The summed E-state index contributed by atoms with van der Waals surface area (Å²) in [6.45, 7) is 9.45. The Morgan fingerprint density at radius 2 is 0.450 bits per heavy atom. The van der Waals surface area contributed by atoms with Gasteiger partial charge in [0.15, 0.2) is 0 Å². The van der Waals surface area contributed by atoms with Crippen LogP contribution in [-0.2, 0) is 10.8 Å². The summed E-state index contributed by atoms with van der Waals surface area (Å²) in [6.07, 6.45) is 0. The van der Waals surface area contributed by atoms with E-state index in [0.29, 0.717) is 0 Å². The van der Waals surface area contributed by atoms with Gasteiger partial charge in [-0.25, -0.2) is 0 Å². The fourth-order valence-corrected chi connectivity index (χ4v) is 20.1. The topological polar surface area (TPSA) is 26.2 Å². The SMILES string of the molecule is CC1(C)c2ccccc2-c2cc3c(cc21)c1ccccc1n3-c1ccc(-c2ccc3c(c2)c2ccccc2n3-c2ccc(N(c3ccccc3)c3ccccc3)cc2)cc1.CC1(C)c2ccccc2-c2cc3c(cc21)c1ccccc1n3-c1ccc(-c2ccc3c4cc(N(c5ccccc5)c5ccccc5)ccc4n(-c4ccccc4)c3c2)cc1. The van der Waals surface area contributed by atoms with Crippen molar-refractivity contribution < 1.29 is 0 Å². The van der Waals surface area contributed by atoms with Gasteiger partial charge in [-0.3, -0.25) is 0 Å². The fourth-order valence-electron chi connectivity index (χ4n) is 20.1. The zero-order chi connectivity index (χ0) is 79.9. The zero-order valence-corrected chi connectivity index (χ0v) is 67.1. The van der Waals surface area contributed by atoms with Gasteiger partial charge in [0.2, 0.25) is 0 Å². The third kappa shape index (κ3) is 11.2. The predicted octanol–water partition coefficient (Wildman–Crippen LogP) is 30.6. The number of benzene rings is 18. The van der Waals surface area contributed by atoms with Crippen molar-refractivity contribution in [1.29, 1.82) is 0 Å². The second-order valence-corrected chi connectivity index (χ2v) is 33.2. The summed E-state index contributed by atoms with van der Waals surface area (Å²) in [5.41, 5.74) is 36.6. The molecular formula is C114H82N6. The molecule has 6 nitrogen and oxygen atoms in total. The van der Waals surface area contributed by atoms with Gasteiger partial charge in [-0.2, -0.15) is 0 Å². The van der Waals surface area contributed by atoms with E-state index in [2.05, 4.69) is 480 Å². The highest BCUT2D eigenvalue weighted by Gasteiger charge is 2.38. The summed E-state index contributed by atoms with van der Waals surface area (Å²) in [4.78, 5) is 4.64. The van der Waals surface area contributed by atoms with Gasteiger partial charge in [0.25, 0.3) is 0 Å². The van der Waals surface area contributed by atoms with Crippen LogP contribution in [0.1, 0.15) is 49.9 Å². The molecule has 0 spiro atoms. The highest BCUT2D eigenvalue weighted by atomic mass is 15.2. The van der Waals surface area contributed by atoms with Crippen molar-refractivity contribution in [3.05, 3.63) is 447 Å². The van der Waals surface area contributed by atoms with Gasteiger partial charge < -0.3 is 28.1 Å². The number of hydrogen-bond donors (Lipinski definition) is 0. The van der Waals surface area contributed by atoms with E-state index in [4.69, 9.17) is 0 Å². The van der Waals surface area contributed by atoms with E-state index in [9.17, 15) is 0 Å². The Balaban J connectivity index is 0.000000140. The standard InChI is InChI=1S/2C57H41N3/c1-57(2)51-24-14-12-22-45(51)48-37-56-50(36-52(48)57)46-23-13-15-25-53(46)60(56)43-29-26-38(27-30-43)39-28-32-47-49-35-44(58(40-16-6-3-7-17-40)41-18-8-4-9-19-41)31-33-54(49)59(55(47)34-39)42-20-10-5-11-21-42;1-57(2)51-22-12-9-19-45(51)48-37-56-50(36-52(48)57)47-21-11-14-24-54(47)60(56)43-28-25-38(26-29-43)39-27-34-55-49(35-39)46-20-10-13-23-53(46)59(55)44-32-30-42(31-33-44)58(40-15-5-3-6-16-40)41-17-7-4-8-18-41/h2*3-37H,1-2H3.